The topological polar surface area (TPSA) is 76.3 Å². The zero-order chi connectivity index (χ0) is 16.4. The second kappa shape index (κ2) is 6.37. The van der Waals surface area contributed by atoms with Gasteiger partial charge in [0, 0.05) is 25.4 Å². The predicted octanol–water partition coefficient (Wildman–Crippen LogP) is 2.34. The molecule has 23 heavy (non-hydrogen) atoms. The molecular formula is C15H18FN3O3S. The lowest BCUT2D eigenvalue weighted by Gasteiger charge is -2.29. The molecule has 0 N–H and O–H groups in total. The minimum Gasteiger partial charge on any atom is -0.339 e. The summed E-state index contributed by atoms with van der Waals surface area (Å²) < 4.78 is 44.7. The van der Waals surface area contributed by atoms with Gasteiger partial charge in [-0.05, 0) is 37.1 Å². The first-order valence-corrected chi connectivity index (χ1v) is 9.03. The van der Waals surface area contributed by atoms with Crippen LogP contribution in [0.4, 0.5) is 4.39 Å². The smallest absolute Gasteiger partial charge is 0.243 e. The van der Waals surface area contributed by atoms with E-state index in [4.69, 9.17) is 4.52 Å². The van der Waals surface area contributed by atoms with Crippen molar-refractivity contribution in [2.24, 2.45) is 0 Å². The number of aryl methyl sites for hydroxylation is 1. The summed E-state index contributed by atoms with van der Waals surface area (Å²) in [4.78, 5) is 4.43. The van der Waals surface area contributed by atoms with Crippen molar-refractivity contribution in [1.29, 1.82) is 0 Å². The van der Waals surface area contributed by atoms with E-state index in [1.807, 2.05) is 6.92 Å². The molecule has 0 radical (unpaired) electrons. The molecule has 124 valence electrons. The molecule has 1 aliphatic heterocycles. The van der Waals surface area contributed by atoms with E-state index in [2.05, 4.69) is 10.1 Å². The highest BCUT2D eigenvalue weighted by atomic mass is 32.2. The Kier molecular flexibility index (Phi) is 4.45. The number of benzene rings is 1. The summed E-state index contributed by atoms with van der Waals surface area (Å²) in [5.74, 6) is 0.885. The Morgan fingerprint density at radius 3 is 2.48 bits per heavy atom. The highest BCUT2D eigenvalue weighted by molar-refractivity contribution is 7.89. The Labute approximate surface area is 134 Å². The molecule has 2 aromatic rings. The van der Waals surface area contributed by atoms with E-state index in [0.717, 1.165) is 12.1 Å². The van der Waals surface area contributed by atoms with Crippen LogP contribution in [-0.2, 0) is 16.4 Å². The van der Waals surface area contributed by atoms with Crippen molar-refractivity contribution in [1.82, 2.24) is 14.4 Å². The third-order valence-corrected chi connectivity index (χ3v) is 5.97. The molecule has 0 atom stereocenters. The first-order valence-electron chi connectivity index (χ1n) is 7.59. The van der Waals surface area contributed by atoms with Crippen LogP contribution in [0.3, 0.4) is 0 Å². The van der Waals surface area contributed by atoms with Gasteiger partial charge >= 0.3 is 0 Å². The third-order valence-electron chi connectivity index (χ3n) is 4.05. The molecule has 0 spiro atoms. The first-order chi connectivity index (χ1) is 11.0. The predicted molar refractivity (Wildman–Crippen MR) is 80.8 cm³/mol. The van der Waals surface area contributed by atoms with E-state index < -0.39 is 15.8 Å². The van der Waals surface area contributed by atoms with Gasteiger partial charge in [-0.15, -0.1) is 0 Å². The van der Waals surface area contributed by atoms with Gasteiger partial charge in [-0.2, -0.15) is 9.29 Å². The molecule has 1 fully saturated rings. The van der Waals surface area contributed by atoms with Crippen LogP contribution in [0.1, 0.15) is 37.4 Å². The number of halogens is 1. The fourth-order valence-electron chi connectivity index (χ4n) is 2.68. The van der Waals surface area contributed by atoms with Crippen molar-refractivity contribution in [3.63, 3.8) is 0 Å². The molecule has 2 heterocycles. The summed E-state index contributed by atoms with van der Waals surface area (Å²) >= 11 is 0. The summed E-state index contributed by atoms with van der Waals surface area (Å²) in [5, 5.41) is 3.88. The number of piperidine rings is 1. The van der Waals surface area contributed by atoms with Crippen LogP contribution in [-0.4, -0.2) is 36.0 Å². The number of sulfonamides is 1. The molecule has 0 saturated carbocycles. The second-order valence-electron chi connectivity index (χ2n) is 5.53. The lowest BCUT2D eigenvalue weighted by Crippen LogP contribution is -2.37. The maximum absolute atomic E-state index is 13.0. The van der Waals surface area contributed by atoms with Crippen molar-refractivity contribution >= 4 is 10.0 Å². The highest BCUT2D eigenvalue weighted by Gasteiger charge is 2.32. The van der Waals surface area contributed by atoms with Crippen LogP contribution >= 0.6 is 0 Å². The Hall–Kier alpha value is -1.80. The quantitative estimate of drug-likeness (QED) is 0.854. The maximum Gasteiger partial charge on any atom is 0.243 e. The molecule has 1 aliphatic rings. The van der Waals surface area contributed by atoms with Gasteiger partial charge in [-0.25, -0.2) is 12.8 Å². The molecule has 6 nitrogen and oxygen atoms in total. The first kappa shape index (κ1) is 16.1. The van der Waals surface area contributed by atoms with Crippen LogP contribution in [0.25, 0.3) is 0 Å². The molecule has 0 bridgehead atoms. The second-order valence-corrected chi connectivity index (χ2v) is 7.47. The van der Waals surface area contributed by atoms with E-state index in [1.165, 1.54) is 16.4 Å². The summed E-state index contributed by atoms with van der Waals surface area (Å²) in [6, 6.07) is 4.90. The Balaban J connectivity index is 1.69. The standard InChI is InChI=1S/C15H18FN3O3S/c1-2-14-17-15(22-18-14)11-7-9-19(10-8-11)23(20,21)13-5-3-12(16)4-6-13/h3-6,11H,2,7-10H2,1H3. The molecule has 0 amide bonds. The number of nitrogens with zero attached hydrogens (tertiary/aromatic N) is 3. The van der Waals surface area contributed by atoms with Crippen molar-refractivity contribution in [2.45, 2.75) is 37.0 Å². The molecule has 1 aromatic heterocycles. The van der Waals surface area contributed by atoms with Gasteiger partial charge in [-0.1, -0.05) is 12.1 Å². The lowest BCUT2D eigenvalue weighted by atomic mass is 9.98. The van der Waals surface area contributed by atoms with Crippen molar-refractivity contribution in [3.8, 4) is 0 Å². The van der Waals surface area contributed by atoms with E-state index in [0.29, 0.717) is 44.1 Å². The molecule has 8 heteroatoms. The average molecular weight is 339 g/mol. The number of hydrogen-bond acceptors (Lipinski definition) is 5. The fourth-order valence-corrected chi connectivity index (χ4v) is 4.15. The SMILES string of the molecule is CCc1noc(C2CCN(S(=O)(=O)c3ccc(F)cc3)CC2)n1. The number of aromatic nitrogens is 2. The monoisotopic (exact) mass is 339 g/mol. The fraction of sp³-hybridized carbons (Fsp3) is 0.467. The minimum absolute atomic E-state index is 0.0856. The summed E-state index contributed by atoms with van der Waals surface area (Å²) in [5.41, 5.74) is 0. The van der Waals surface area contributed by atoms with Crippen LogP contribution in [0.5, 0.6) is 0 Å². The van der Waals surface area contributed by atoms with Crippen molar-refractivity contribution < 1.29 is 17.3 Å². The van der Waals surface area contributed by atoms with Gasteiger partial charge in [-0.3, -0.25) is 0 Å². The normalized spacial score (nSPS) is 17.5. The van der Waals surface area contributed by atoms with E-state index in [-0.39, 0.29) is 10.8 Å². The van der Waals surface area contributed by atoms with Gasteiger partial charge in [0.2, 0.25) is 15.9 Å². The summed E-state index contributed by atoms with van der Waals surface area (Å²) in [7, 11) is -3.58. The lowest BCUT2D eigenvalue weighted by molar-refractivity contribution is 0.270. The summed E-state index contributed by atoms with van der Waals surface area (Å²) in [6.45, 7) is 2.72. The van der Waals surface area contributed by atoms with Gasteiger partial charge in [0.25, 0.3) is 0 Å². The largest absolute Gasteiger partial charge is 0.339 e. The van der Waals surface area contributed by atoms with Gasteiger partial charge in [0.15, 0.2) is 5.82 Å². The van der Waals surface area contributed by atoms with E-state index in [1.54, 1.807) is 0 Å². The summed E-state index contributed by atoms with van der Waals surface area (Å²) in [6.07, 6.45) is 1.97. The highest BCUT2D eigenvalue weighted by Crippen LogP contribution is 2.29. The Morgan fingerprint density at radius 2 is 1.91 bits per heavy atom. The van der Waals surface area contributed by atoms with Crippen molar-refractivity contribution in [2.75, 3.05) is 13.1 Å². The van der Waals surface area contributed by atoms with Gasteiger partial charge < -0.3 is 4.52 Å². The number of hydrogen-bond donors (Lipinski definition) is 0. The van der Waals surface area contributed by atoms with Crippen LogP contribution in [0, 0.1) is 5.82 Å². The Morgan fingerprint density at radius 1 is 1.26 bits per heavy atom. The van der Waals surface area contributed by atoms with Crippen LogP contribution in [0.2, 0.25) is 0 Å². The van der Waals surface area contributed by atoms with E-state index in [9.17, 15) is 12.8 Å². The molecule has 0 aliphatic carbocycles. The zero-order valence-electron chi connectivity index (χ0n) is 12.8. The zero-order valence-corrected chi connectivity index (χ0v) is 13.6. The van der Waals surface area contributed by atoms with Crippen molar-refractivity contribution in [3.05, 3.63) is 41.8 Å². The Bertz CT molecular complexity index is 766. The minimum atomic E-state index is -3.58. The van der Waals surface area contributed by atoms with Crippen LogP contribution in [0.15, 0.2) is 33.7 Å². The molecule has 0 unspecified atom stereocenters. The molecule has 1 aromatic carbocycles. The number of rotatable bonds is 4. The average Bonchev–Trinajstić information content (AvgIpc) is 3.04. The maximum atomic E-state index is 13.0. The van der Waals surface area contributed by atoms with E-state index >= 15 is 0 Å². The molecule has 3 rings (SSSR count). The van der Waals surface area contributed by atoms with Gasteiger partial charge in [0.05, 0.1) is 4.90 Å². The van der Waals surface area contributed by atoms with Gasteiger partial charge in [0.1, 0.15) is 5.82 Å². The molecular weight excluding hydrogens is 321 g/mol. The third kappa shape index (κ3) is 3.28. The van der Waals surface area contributed by atoms with Crippen LogP contribution < -0.4 is 0 Å². The molecule has 1 saturated heterocycles.